The van der Waals surface area contributed by atoms with Gasteiger partial charge in [-0.2, -0.15) is 0 Å². The molecule has 1 amide bonds. The van der Waals surface area contributed by atoms with E-state index in [2.05, 4.69) is 0 Å². The summed E-state index contributed by atoms with van der Waals surface area (Å²) in [6.07, 6.45) is 0. The predicted molar refractivity (Wildman–Crippen MR) is 93.6 cm³/mol. The van der Waals surface area contributed by atoms with Crippen molar-refractivity contribution in [2.75, 3.05) is 12.3 Å². The lowest BCUT2D eigenvalue weighted by molar-refractivity contribution is -0.120. The molecule has 6 nitrogen and oxygen atoms in total. The molecule has 0 radical (unpaired) electrons. The largest absolute Gasteiger partial charge is 0.329 e. The molecular weight excluding hydrogens is 348 g/mol. The third-order valence-corrected chi connectivity index (χ3v) is 5.90. The quantitative estimate of drug-likeness (QED) is 0.722. The van der Waals surface area contributed by atoms with Crippen LogP contribution in [-0.4, -0.2) is 32.4 Å². The third-order valence-electron chi connectivity index (χ3n) is 3.35. The number of hydrogen-bond donors (Lipinski definition) is 2. The lowest BCUT2D eigenvalue weighted by Gasteiger charge is -2.10. The molecule has 0 aliphatic rings. The fraction of sp³-hybridized carbons (Fsp3) is 0.250. The molecule has 0 fully saturated rings. The van der Waals surface area contributed by atoms with E-state index in [4.69, 9.17) is 5.73 Å². The Labute approximate surface area is 144 Å². The lowest BCUT2D eigenvalue weighted by atomic mass is 10.1. The molecule has 0 saturated carbocycles. The second-order valence-electron chi connectivity index (χ2n) is 5.19. The smallest absolute Gasteiger partial charge is 0.241 e. The van der Waals surface area contributed by atoms with E-state index in [1.54, 1.807) is 43.3 Å². The highest BCUT2D eigenvalue weighted by Crippen LogP contribution is 2.27. The fourth-order valence-electron chi connectivity index (χ4n) is 2.02. The van der Waals surface area contributed by atoms with Gasteiger partial charge in [0.05, 0.1) is 16.5 Å². The van der Waals surface area contributed by atoms with Gasteiger partial charge in [-0.25, -0.2) is 8.42 Å². The molecule has 2 rings (SSSR count). The SMILES string of the molecule is CC(C(=O)NS(=O)(=O)CCN)c1ccc(C(=O)c2ccccc2)s1. The van der Waals surface area contributed by atoms with Crippen LogP contribution in [0, 0.1) is 0 Å². The molecule has 0 aliphatic heterocycles. The van der Waals surface area contributed by atoms with Crippen molar-refractivity contribution >= 4 is 33.1 Å². The Balaban J connectivity index is 2.12. The number of rotatable bonds is 7. The van der Waals surface area contributed by atoms with Gasteiger partial charge in [-0.3, -0.25) is 14.3 Å². The van der Waals surface area contributed by atoms with Crippen molar-refractivity contribution in [3.05, 3.63) is 57.8 Å². The highest BCUT2D eigenvalue weighted by molar-refractivity contribution is 7.90. The Morgan fingerprint density at radius 1 is 1.17 bits per heavy atom. The zero-order valence-corrected chi connectivity index (χ0v) is 14.7. The Hall–Kier alpha value is -2.03. The average molecular weight is 366 g/mol. The molecule has 24 heavy (non-hydrogen) atoms. The first-order chi connectivity index (χ1) is 11.3. The van der Waals surface area contributed by atoms with Crippen LogP contribution < -0.4 is 10.5 Å². The average Bonchev–Trinajstić information content (AvgIpc) is 3.03. The molecule has 0 spiro atoms. The van der Waals surface area contributed by atoms with E-state index >= 15 is 0 Å². The van der Waals surface area contributed by atoms with E-state index in [0.717, 1.165) is 0 Å². The maximum Gasteiger partial charge on any atom is 0.241 e. The van der Waals surface area contributed by atoms with Crippen molar-refractivity contribution in [2.45, 2.75) is 12.8 Å². The summed E-state index contributed by atoms with van der Waals surface area (Å²) in [4.78, 5) is 25.6. The summed E-state index contributed by atoms with van der Waals surface area (Å²) in [5.74, 6) is -1.76. The molecule has 8 heteroatoms. The number of benzene rings is 1. The first-order valence-corrected chi connectivity index (χ1v) is 9.75. The first-order valence-electron chi connectivity index (χ1n) is 7.28. The highest BCUT2D eigenvalue weighted by atomic mass is 32.2. The second kappa shape index (κ2) is 7.69. The van der Waals surface area contributed by atoms with Crippen LogP contribution in [0.1, 0.15) is 33.0 Å². The number of sulfonamides is 1. The zero-order chi connectivity index (χ0) is 17.7. The number of thiophene rings is 1. The maximum atomic E-state index is 12.4. The van der Waals surface area contributed by atoms with Gasteiger partial charge in [-0.1, -0.05) is 30.3 Å². The van der Waals surface area contributed by atoms with Crippen LogP contribution in [0.3, 0.4) is 0 Å². The zero-order valence-electron chi connectivity index (χ0n) is 13.1. The van der Waals surface area contributed by atoms with Crippen LogP contribution in [-0.2, 0) is 14.8 Å². The minimum absolute atomic E-state index is 0.0638. The van der Waals surface area contributed by atoms with Crippen molar-refractivity contribution < 1.29 is 18.0 Å². The standard InChI is InChI=1S/C16H18N2O4S2/c1-11(16(20)18-24(21,22)10-9-17)13-7-8-14(23-13)15(19)12-5-3-2-4-6-12/h2-8,11H,9-10,17H2,1H3,(H,18,20). The van der Waals surface area contributed by atoms with Gasteiger partial charge >= 0.3 is 0 Å². The molecule has 1 unspecified atom stereocenters. The molecule has 0 bridgehead atoms. The molecule has 1 heterocycles. The number of nitrogens with two attached hydrogens (primary N) is 1. The number of amides is 1. The molecule has 0 saturated heterocycles. The Kier molecular flexibility index (Phi) is 5.87. The molecular formula is C16H18N2O4S2. The minimum Gasteiger partial charge on any atom is -0.329 e. The van der Waals surface area contributed by atoms with Crippen molar-refractivity contribution in [1.82, 2.24) is 4.72 Å². The van der Waals surface area contributed by atoms with E-state index in [1.807, 2.05) is 10.8 Å². The van der Waals surface area contributed by atoms with E-state index in [9.17, 15) is 18.0 Å². The van der Waals surface area contributed by atoms with Gasteiger partial charge in [-0.05, 0) is 19.1 Å². The summed E-state index contributed by atoms with van der Waals surface area (Å²) in [5, 5.41) is 0. The molecule has 3 N–H and O–H groups in total. The first kappa shape index (κ1) is 18.3. The van der Waals surface area contributed by atoms with Gasteiger partial charge in [0, 0.05) is 17.0 Å². The maximum absolute atomic E-state index is 12.4. The Morgan fingerprint density at radius 3 is 2.46 bits per heavy atom. The third kappa shape index (κ3) is 4.50. The van der Waals surface area contributed by atoms with Crippen molar-refractivity contribution in [3.8, 4) is 0 Å². The molecule has 0 aliphatic carbocycles. The van der Waals surface area contributed by atoms with E-state index in [1.165, 1.54) is 11.3 Å². The molecule has 1 aromatic carbocycles. The normalized spacial score (nSPS) is 12.6. The number of ketones is 1. The van der Waals surface area contributed by atoms with Gasteiger partial charge in [0.15, 0.2) is 0 Å². The summed E-state index contributed by atoms with van der Waals surface area (Å²) in [7, 11) is -3.72. The van der Waals surface area contributed by atoms with E-state index < -0.39 is 21.8 Å². The van der Waals surface area contributed by atoms with Crippen molar-refractivity contribution in [2.24, 2.45) is 5.73 Å². The number of hydrogen-bond acceptors (Lipinski definition) is 6. The second-order valence-corrected chi connectivity index (χ2v) is 8.15. The summed E-state index contributed by atoms with van der Waals surface area (Å²) in [5.41, 5.74) is 5.77. The lowest BCUT2D eigenvalue weighted by Crippen LogP contribution is -2.36. The number of nitrogens with one attached hydrogen (secondary N) is 1. The van der Waals surface area contributed by atoms with E-state index in [-0.39, 0.29) is 18.1 Å². The van der Waals surface area contributed by atoms with Gasteiger partial charge in [0.25, 0.3) is 0 Å². The van der Waals surface area contributed by atoms with Crippen LogP contribution in [0.15, 0.2) is 42.5 Å². The molecule has 1 atom stereocenters. The Morgan fingerprint density at radius 2 is 1.83 bits per heavy atom. The monoisotopic (exact) mass is 366 g/mol. The minimum atomic E-state index is -3.72. The van der Waals surface area contributed by atoms with Crippen LogP contribution in [0.4, 0.5) is 0 Å². The van der Waals surface area contributed by atoms with Gasteiger partial charge < -0.3 is 5.73 Å². The summed E-state index contributed by atoms with van der Waals surface area (Å²) >= 11 is 1.18. The predicted octanol–water partition coefficient (Wildman–Crippen LogP) is 1.49. The fourth-order valence-corrected chi connectivity index (χ4v) is 3.93. The van der Waals surface area contributed by atoms with E-state index in [0.29, 0.717) is 15.3 Å². The van der Waals surface area contributed by atoms with Gasteiger partial charge in [-0.15, -0.1) is 11.3 Å². The molecule has 128 valence electrons. The van der Waals surface area contributed by atoms with Gasteiger partial charge in [0.2, 0.25) is 21.7 Å². The number of carbonyl (C=O) groups excluding carboxylic acids is 2. The van der Waals surface area contributed by atoms with Crippen molar-refractivity contribution in [3.63, 3.8) is 0 Å². The number of carbonyl (C=O) groups is 2. The highest BCUT2D eigenvalue weighted by Gasteiger charge is 2.23. The summed E-state index contributed by atoms with van der Waals surface area (Å²) in [6, 6.07) is 12.1. The van der Waals surface area contributed by atoms with Crippen LogP contribution >= 0.6 is 11.3 Å². The van der Waals surface area contributed by atoms with Crippen LogP contribution in [0.2, 0.25) is 0 Å². The van der Waals surface area contributed by atoms with Crippen LogP contribution in [0.25, 0.3) is 0 Å². The van der Waals surface area contributed by atoms with Crippen molar-refractivity contribution in [1.29, 1.82) is 0 Å². The Bertz CT molecular complexity index is 829. The van der Waals surface area contributed by atoms with Crippen LogP contribution in [0.5, 0.6) is 0 Å². The molecule has 1 aromatic heterocycles. The topological polar surface area (TPSA) is 106 Å². The summed E-state index contributed by atoms with van der Waals surface area (Å²) in [6.45, 7) is 1.53. The summed E-state index contributed by atoms with van der Waals surface area (Å²) < 4.78 is 25.2. The van der Waals surface area contributed by atoms with Gasteiger partial charge in [0.1, 0.15) is 0 Å². The molecule has 2 aromatic rings.